The number of hydrogen-bond acceptors (Lipinski definition) is 7. The van der Waals surface area contributed by atoms with E-state index >= 15 is 0 Å². The molecular formula is C19H17N5O3. The maximum atomic E-state index is 12.2. The summed E-state index contributed by atoms with van der Waals surface area (Å²) in [5.41, 5.74) is 1.94. The summed E-state index contributed by atoms with van der Waals surface area (Å²) in [6.07, 6.45) is 4.48. The molecule has 1 aromatic carbocycles. The van der Waals surface area contributed by atoms with E-state index in [0.29, 0.717) is 23.4 Å². The molecule has 2 N–H and O–H groups in total. The molecule has 3 rings (SSSR count). The molecule has 0 saturated heterocycles. The molecule has 0 aliphatic heterocycles. The van der Waals surface area contributed by atoms with E-state index in [1.807, 2.05) is 18.2 Å². The molecule has 0 radical (unpaired) electrons. The van der Waals surface area contributed by atoms with Gasteiger partial charge in [0.15, 0.2) is 0 Å². The minimum atomic E-state index is -0.469. The predicted octanol–water partition coefficient (Wildman–Crippen LogP) is 2.33. The van der Waals surface area contributed by atoms with E-state index in [1.165, 1.54) is 19.5 Å². The molecule has 2 heterocycles. The zero-order chi connectivity index (χ0) is 19.1. The van der Waals surface area contributed by atoms with Crippen molar-refractivity contribution < 1.29 is 14.3 Å². The SMILES string of the molecule is COC(=O)c1ccccc1Nc1ncc(C(=O)NCc2ccccn2)cn1. The molecule has 8 nitrogen and oxygen atoms in total. The Bertz CT molecular complexity index is 930. The van der Waals surface area contributed by atoms with E-state index in [9.17, 15) is 9.59 Å². The minimum Gasteiger partial charge on any atom is -0.465 e. The third kappa shape index (κ3) is 4.63. The van der Waals surface area contributed by atoms with Crippen LogP contribution in [0.4, 0.5) is 11.6 Å². The molecule has 27 heavy (non-hydrogen) atoms. The summed E-state index contributed by atoms with van der Waals surface area (Å²) in [6.45, 7) is 0.312. The molecule has 136 valence electrons. The predicted molar refractivity (Wildman–Crippen MR) is 98.5 cm³/mol. The van der Waals surface area contributed by atoms with E-state index < -0.39 is 5.97 Å². The number of nitrogens with one attached hydrogen (secondary N) is 2. The molecule has 0 aliphatic carbocycles. The smallest absolute Gasteiger partial charge is 0.339 e. The van der Waals surface area contributed by atoms with Crippen LogP contribution in [0.1, 0.15) is 26.4 Å². The Morgan fingerprint density at radius 3 is 2.44 bits per heavy atom. The van der Waals surface area contributed by atoms with Crippen LogP contribution in [-0.4, -0.2) is 33.9 Å². The van der Waals surface area contributed by atoms with Crippen molar-refractivity contribution in [2.45, 2.75) is 6.54 Å². The first-order valence-corrected chi connectivity index (χ1v) is 8.12. The standard InChI is InChI=1S/C19H17N5O3/c1-27-18(26)15-7-2-3-8-16(15)24-19-22-10-13(11-23-19)17(25)21-12-14-6-4-5-9-20-14/h2-11H,12H2,1H3,(H,21,25)(H,22,23,24). The van der Waals surface area contributed by atoms with Gasteiger partial charge in [0.2, 0.25) is 5.95 Å². The highest BCUT2D eigenvalue weighted by molar-refractivity contribution is 5.96. The highest BCUT2D eigenvalue weighted by atomic mass is 16.5. The van der Waals surface area contributed by atoms with Crippen LogP contribution in [0.15, 0.2) is 61.1 Å². The van der Waals surface area contributed by atoms with E-state index in [-0.39, 0.29) is 11.9 Å². The Kier molecular flexibility index (Phi) is 5.68. The number of anilines is 2. The molecule has 2 aromatic heterocycles. The number of rotatable bonds is 6. The second-order valence-corrected chi connectivity index (χ2v) is 5.46. The Morgan fingerprint density at radius 2 is 1.74 bits per heavy atom. The first-order valence-electron chi connectivity index (χ1n) is 8.12. The van der Waals surface area contributed by atoms with Crippen molar-refractivity contribution in [3.8, 4) is 0 Å². The first-order chi connectivity index (χ1) is 13.2. The number of ether oxygens (including phenoxy) is 1. The van der Waals surface area contributed by atoms with Gasteiger partial charge in [-0.2, -0.15) is 0 Å². The number of carbonyl (C=O) groups excluding carboxylic acids is 2. The number of aromatic nitrogens is 3. The molecule has 0 fully saturated rings. The second kappa shape index (κ2) is 8.52. The van der Waals surface area contributed by atoms with Crippen LogP contribution in [0, 0.1) is 0 Å². The fourth-order valence-electron chi connectivity index (χ4n) is 2.29. The largest absolute Gasteiger partial charge is 0.465 e. The van der Waals surface area contributed by atoms with Crippen LogP contribution in [-0.2, 0) is 11.3 Å². The van der Waals surface area contributed by atoms with Gasteiger partial charge in [-0.15, -0.1) is 0 Å². The summed E-state index contributed by atoms with van der Waals surface area (Å²) >= 11 is 0. The van der Waals surface area contributed by atoms with Crippen LogP contribution in [0.2, 0.25) is 0 Å². The van der Waals surface area contributed by atoms with Gasteiger partial charge < -0.3 is 15.4 Å². The number of amides is 1. The molecule has 0 bridgehead atoms. The average molecular weight is 363 g/mol. The van der Waals surface area contributed by atoms with Crippen molar-refractivity contribution >= 4 is 23.5 Å². The lowest BCUT2D eigenvalue weighted by Gasteiger charge is -2.09. The molecule has 0 spiro atoms. The van der Waals surface area contributed by atoms with Gasteiger partial charge >= 0.3 is 5.97 Å². The van der Waals surface area contributed by atoms with Crippen molar-refractivity contribution in [3.05, 3.63) is 77.9 Å². The third-order valence-corrected chi connectivity index (χ3v) is 3.65. The number of carbonyl (C=O) groups is 2. The van der Waals surface area contributed by atoms with Crippen molar-refractivity contribution in [3.63, 3.8) is 0 Å². The Morgan fingerprint density at radius 1 is 1.00 bits per heavy atom. The monoisotopic (exact) mass is 363 g/mol. The van der Waals surface area contributed by atoms with Gasteiger partial charge in [-0.3, -0.25) is 9.78 Å². The lowest BCUT2D eigenvalue weighted by molar-refractivity contribution is 0.0601. The fraction of sp³-hybridized carbons (Fsp3) is 0.105. The Hall–Kier alpha value is -3.81. The molecule has 1 amide bonds. The van der Waals surface area contributed by atoms with E-state index in [1.54, 1.807) is 30.5 Å². The van der Waals surface area contributed by atoms with Gasteiger partial charge in [0, 0.05) is 18.6 Å². The summed E-state index contributed by atoms with van der Waals surface area (Å²) in [5, 5.41) is 5.70. The fourth-order valence-corrected chi connectivity index (χ4v) is 2.29. The number of pyridine rings is 1. The maximum Gasteiger partial charge on any atom is 0.339 e. The van der Waals surface area contributed by atoms with E-state index in [0.717, 1.165) is 5.69 Å². The second-order valence-electron chi connectivity index (χ2n) is 5.46. The van der Waals surface area contributed by atoms with E-state index in [2.05, 4.69) is 25.6 Å². The number of esters is 1. The summed E-state index contributed by atoms with van der Waals surface area (Å²) in [6, 6.07) is 12.3. The number of para-hydroxylation sites is 1. The molecule has 8 heteroatoms. The highest BCUT2D eigenvalue weighted by Gasteiger charge is 2.12. The van der Waals surface area contributed by atoms with Gasteiger partial charge in [0.05, 0.1) is 36.2 Å². The van der Waals surface area contributed by atoms with Crippen molar-refractivity contribution in [2.75, 3.05) is 12.4 Å². The number of methoxy groups -OCH3 is 1. The maximum absolute atomic E-state index is 12.2. The quantitative estimate of drug-likeness (QED) is 0.647. The molecule has 0 unspecified atom stereocenters. The van der Waals surface area contributed by atoms with Crippen molar-refractivity contribution in [1.29, 1.82) is 0 Å². The van der Waals surface area contributed by atoms with E-state index in [4.69, 9.17) is 4.74 Å². The minimum absolute atomic E-state index is 0.257. The van der Waals surface area contributed by atoms with Crippen LogP contribution in [0.5, 0.6) is 0 Å². The topological polar surface area (TPSA) is 106 Å². The number of hydrogen-bond donors (Lipinski definition) is 2. The summed E-state index contributed by atoms with van der Waals surface area (Å²) < 4.78 is 4.75. The van der Waals surface area contributed by atoms with Crippen molar-refractivity contribution in [1.82, 2.24) is 20.3 Å². The van der Waals surface area contributed by atoms with Gasteiger partial charge in [0.1, 0.15) is 0 Å². The summed E-state index contributed by atoms with van der Waals surface area (Å²) in [7, 11) is 1.31. The van der Waals surface area contributed by atoms with Crippen LogP contribution < -0.4 is 10.6 Å². The Balaban J connectivity index is 1.65. The molecule has 0 aliphatic rings. The van der Waals surface area contributed by atoms with Gasteiger partial charge in [0.25, 0.3) is 5.91 Å². The normalized spacial score (nSPS) is 10.1. The average Bonchev–Trinajstić information content (AvgIpc) is 2.73. The van der Waals surface area contributed by atoms with Gasteiger partial charge in [-0.05, 0) is 24.3 Å². The Labute approximate surface area is 155 Å². The van der Waals surface area contributed by atoms with Crippen LogP contribution in [0.25, 0.3) is 0 Å². The van der Waals surface area contributed by atoms with Gasteiger partial charge in [-0.25, -0.2) is 14.8 Å². The molecule has 0 saturated carbocycles. The molecule has 3 aromatic rings. The highest BCUT2D eigenvalue weighted by Crippen LogP contribution is 2.19. The zero-order valence-electron chi connectivity index (χ0n) is 14.5. The number of benzene rings is 1. The lowest BCUT2D eigenvalue weighted by Crippen LogP contribution is -2.23. The van der Waals surface area contributed by atoms with Gasteiger partial charge in [-0.1, -0.05) is 18.2 Å². The summed E-state index contributed by atoms with van der Waals surface area (Å²) in [4.78, 5) is 36.4. The number of nitrogens with zero attached hydrogens (tertiary/aromatic N) is 3. The first kappa shape index (κ1) is 18.0. The lowest BCUT2D eigenvalue weighted by atomic mass is 10.2. The van der Waals surface area contributed by atoms with Crippen molar-refractivity contribution in [2.24, 2.45) is 0 Å². The summed E-state index contributed by atoms with van der Waals surface area (Å²) in [5.74, 6) is -0.515. The molecule has 0 atom stereocenters. The third-order valence-electron chi connectivity index (χ3n) is 3.65. The molecular weight excluding hydrogens is 346 g/mol. The van der Waals surface area contributed by atoms with Crippen LogP contribution >= 0.6 is 0 Å². The van der Waals surface area contributed by atoms with Crippen LogP contribution in [0.3, 0.4) is 0 Å². The zero-order valence-corrected chi connectivity index (χ0v) is 14.5.